The third kappa shape index (κ3) is 3.26. The number of methoxy groups -OCH3 is 1. The second kappa shape index (κ2) is 6.89. The highest BCUT2D eigenvalue weighted by atomic mass is 16.5. The van der Waals surface area contributed by atoms with Gasteiger partial charge in [-0.1, -0.05) is 19.8 Å². The molecule has 2 aromatic rings. The van der Waals surface area contributed by atoms with Crippen molar-refractivity contribution in [3.63, 3.8) is 0 Å². The van der Waals surface area contributed by atoms with Crippen LogP contribution in [0.15, 0.2) is 43.0 Å². The molecule has 1 heterocycles. The highest BCUT2D eigenvalue weighted by Gasteiger charge is 2.20. The number of unbranched alkanes of at least 4 members (excludes halogenated alkanes) is 1. The summed E-state index contributed by atoms with van der Waals surface area (Å²) in [7, 11) is 1.62. The molecule has 0 bridgehead atoms. The van der Waals surface area contributed by atoms with Crippen molar-refractivity contribution in [3.8, 4) is 5.75 Å². The van der Waals surface area contributed by atoms with Crippen LogP contribution in [0.4, 0.5) is 0 Å². The summed E-state index contributed by atoms with van der Waals surface area (Å²) >= 11 is 0. The molecule has 0 aliphatic heterocycles. The van der Waals surface area contributed by atoms with Crippen molar-refractivity contribution in [2.75, 3.05) is 7.11 Å². The number of rotatable bonds is 7. The van der Waals surface area contributed by atoms with E-state index in [-0.39, 0.29) is 11.8 Å². The maximum absolute atomic E-state index is 12.7. The number of hydrogen-bond donors (Lipinski definition) is 0. The van der Waals surface area contributed by atoms with E-state index in [1.165, 1.54) is 0 Å². The fourth-order valence-electron chi connectivity index (χ4n) is 2.21. The van der Waals surface area contributed by atoms with Crippen LogP contribution < -0.4 is 4.74 Å². The maximum Gasteiger partial charge on any atom is 0.185 e. The van der Waals surface area contributed by atoms with Crippen molar-refractivity contribution in [1.82, 2.24) is 9.55 Å². The lowest BCUT2D eigenvalue weighted by molar-refractivity contribution is 0.0917. The second-order valence-electron chi connectivity index (χ2n) is 4.76. The van der Waals surface area contributed by atoms with E-state index in [1.807, 2.05) is 35.0 Å². The molecule has 1 aromatic carbocycles. The van der Waals surface area contributed by atoms with E-state index < -0.39 is 0 Å². The fourth-order valence-corrected chi connectivity index (χ4v) is 2.21. The summed E-state index contributed by atoms with van der Waals surface area (Å²) in [4.78, 5) is 16.7. The van der Waals surface area contributed by atoms with Crippen molar-refractivity contribution in [2.45, 2.75) is 32.2 Å². The summed E-state index contributed by atoms with van der Waals surface area (Å²) in [5, 5.41) is 0. The number of ketones is 1. The molecule has 0 saturated carbocycles. The zero-order valence-corrected chi connectivity index (χ0v) is 12.0. The van der Waals surface area contributed by atoms with Crippen LogP contribution in [0, 0.1) is 0 Å². The molecule has 1 aromatic heterocycles. The molecule has 106 valence electrons. The number of carbonyl (C=O) groups is 1. The Kier molecular flexibility index (Phi) is 4.93. The topological polar surface area (TPSA) is 44.1 Å². The highest BCUT2D eigenvalue weighted by Crippen LogP contribution is 2.22. The number of benzene rings is 1. The van der Waals surface area contributed by atoms with Gasteiger partial charge in [-0.3, -0.25) is 4.79 Å². The van der Waals surface area contributed by atoms with Crippen molar-refractivity contribution in [3.05, 3.63) is 48.5 Å². The van der Waals surface area contributed by atoms with Gasteiger partial charge in [-0.25, -0.2) is 4.98 Å². The zero-order chi connectivity index (χ0) is 14.4. The van der Waals surface area contributed by atoms with Crippen LogP contribution >= 0.6 is 0 Å². The fraction of sp³-hybridized carbons (Fsp3) is 0.375. The predicted octanol–water partition coefficient (Wildman–Crippen LogP) is 3.51. The van der Waals surface area contributed by atoms with Gasteiger partial charge in [0.15, 0.2) is 5.78 Å². The first-order valence-corrected chi connectivity index (χ1v) is 6.92. The summed E-state index contributed by atoms with van der Waals surface area (Å²) in [5.41, 5.74) is 0.709. The maximum atomic E-state index is 12.7. The summed E-state index contributed by atoms with van der Waals surface area (Å²) in [5.74, 6) is 0.883. The third-order valence-electron chi connectivity index (χ3n) is 3.39. The van der Waals surface area contributed by atoms with Gasteiger partial charge in [-0.15, -0.1) is 0 Å². The van der Waals surface area contributed by atoms with Crippen molar-refractivity contribution in [2.24, 2.45) is 0 Å². The van der Waals surface area contributed by atoms with Gasteiger partial charge in [0, 0.05) is 18.0 Å². The average Bonchev–Trinajstić information content (AvgIpc) is 3.01. The molecule has 0 fully saturated rings. The third-order valence-corrected chi connectivity index (χ3v) is 3.39. The number of imidazole rings is 1. The van der Waals surface area contributed by atoms with Gasteiger partial charge >= 0.3 is 0 Å². The molecule has 0 saturated heterocycles. The minimum Gasteiger partial charge on any atom is -0.497 e. The first-order valence-electron chi connectivity index (χ1n) is 6.92. The van der Waals surface area contributed by atoms with E-state index >= 15 is 0 Å². The Labute approximate surface area is 119 Å². The molecule has 0 amide bonds. The SMILES string of the molecule is CCCCC(C(=O)c1ccc(OC)cc1)n1ccnc1. The molecule has 0 spiro atoms. The predicted molar refractivity (Wildman–Crippen MR) is 78.1 cm³/mol. The van der Waals surface area contributed by atoms with Gasteiger partial charge < -0.3 is 9.30 Å². The number of ether oxygens (including phenoxy) is 1. The lowest BCUT2D eigenvalue weighted by atomic mass is 9.99. The summed E-state index contributed by atoms with van der Waals surface area (Å²) < 4.78 is 7.01. The largest absolute Gasteiger partial charge is 0.497 e. The zero-order valence-electron chi connectivity index (χ0n) is 12.0. The molecule has 1 atom stereocenters. The van der Waals surface area contributed by atoms with Gasteiger partial charge in [-0.05, 0) is 30.7 Å². The monoisotopic (exact) mass is 272 g/mol. The number of hydrogen-bond acceptors (Lipinski definition) is 3. The Hall–Kier alpha value is -2.10. The van der Waals surface area contributed by atoms with Crippen LogP contribution in [-0.4, -0.2) is 22.4 Å². The normalized spacial score (nSPS) is 12.1. The van der Waals surface area contributed by atoms with E-state index in [9.17, 15) is 4.79 Å². The van der Waals surface area contributed by atoms with E-state index in [4.69, 9.17) is 4.74 Å². The summed E-state index contributed by atoms with van der Waals surface area (Å²) in [6.45, 7) is 2.13. The van der Waals surface area contributed by atoms with Gasteiger partial charge in [0.05, 0.1) is 19.5 Å². The smallest absolute Gasteiger partial charge is 0.185 e. The molecule has 0 aliphatic rings. The van der Waals surface area contributed by atoms with Crippen LogP contribution in [-0.2, 0) is 0 Å². The van der Waals surface area contributed by atoms with Gasteiger partial charge in [-0.2, -0.15) is 0 Å². The molecular formula is C16H20N2O2. The number of aromatic nitrogens is 2. The van der Waals surface area contributed by atoms with Gasteiger partial charge in [0.1, 0.15) is 5.75 Å². The Morgan fingerprint density at radius 3 is 2.65 bits per heavy atom. The minimum atomic E-state index is -0.175. The quantitative estimate of drug-likeness (QED) is 0.724. The van der Waals surface area contributed by atoms with Crippen LogP contribution in [0.1, 0.15) is 42.6 Å². The average molecular weight is 272 g/mol. The van der Waals surface area contributed by atoms with E-state index in [0.717, 1.165) is 25.0 Å². The molecule has 20 heavy (non-hydrogen) atoms. The molecule has 4 heteroatoms. The highest BCUT2D eigenvalue weighted by molar-refractivity contribution is 5.99. The molecule has 0 radical (unpaired) electrons. The standard InChI is InChI=1S/C16H20N2O2/c1-3-4-5-15(18-11-10-17-12-18)16(19)13-6-8-14(20-2)9-7-13/h6-12,15H,3-5H2,1-2H3. The van der Waals surface area contributed by atoms with Gasteiger partial charge in [0.2, 0.25) is 0 Å². The number of Topliss-reactive ketones (excluding diaryl/α,β-unsaturated/α-hetero) is 1. The molecular weight excluding hydrogens is 252 g/mol. The second-order valence-corrected chi connectivity index (χ2v) is 4.76. The minimum absolute atomic E-state index is 0.124. The number of carbonyl (C=O) groups excluding carboxylic acids is 1. The Balaban J connectivity index is 2.20. The van der Waals surface area contributed by atoms with Crippen LogP contribution in [0.5, 0.6) is 5.75 Å². The molecule has 0 N–H and O–H groups in total. The van der Waals surface area contributed by atoms with E-state index in [1.54, 1.807) is 19.6 Å². The Morgan fingerprint density at radius 1 is 1.35 bits per heavy atom. The molecule has 4 nitrogen and oxygen atoms in total. The summed E-state index contributed by atoms with van der Waals surface area (Å²) in [6, 6.07) is 7.09. The Bertz CT molecular complexity index is 532. The lowest BCUT2D eigenvalue weighted by Crippen LogP contribution is -2.18. The van der Waals surface area contributed by atoms with Crippen molar-refractivity contribution < 1.29 is 9.53 Å². The van der Waals surface area contributed by atoms with Crippen LogP contribution in [0.2, 0.25) is 0 Å². The van der Waals surface area contributed by atoms with Crippen LogP contribution in [0.25, 0.3) is 0 Å². The molecule has 2 rings (SSSR count). The van der Waals surface area contributed by atoms with E-state index in [2.05, 4.69) is 11.9 Å². The number of nitrogens with zero attached hydrogens (tertiary/aromatic N) is 2. The van der Waals surface area contributed by atoms with Crippen molar-refractivity contribution >= 4 is 5.78 Å². The summed E-state index contributed by atoms with van der Waals surface area (Å²) in [6.07, 6.45) is 8.19. The van der Waals surface area contributed by atoms with Crippen molar-refractivity contribution in [1.29, 1.82) is 0 Å². The first kappa shape index (κ1) is 14.3. The van der Waals surface area contributed by atoms with E-state index in [0.29, 0.717) is 5.56 Å². The molecule has 1 unspecified atom stereocenters. The van der Waals surface area contributed by atoms with Crippen LogP contribution in [0.3, 0.4) is 0 Å². The molecule has 0 aliphatic carbocycles. The Morgan fingerprint density at radius 2 is 2.10 bits per heavy atom. The lowest BCUT2D eigenvalue weighted by Gasteiger charge is -2.17. The van der Waals surface area contributed by atoms with Gasteiger partial charge in [0.25, 0.3) is 0 Å². The first-order chi connectivity index (χ1) is 9.76.